The number of methoxy groups -OCH3 is 1. The van der Waals surface area contributed by atoms with E-state index in [9.17, 15) is 4.79 Å². The molecule has 0 spiro atoms. The molecule has 3 aromatic rings. The second-order valence-electron chi connectivity index (χ2n) is 6.73. The summed E-state index contributed by atoms with van der Waals surface area (Å²) < 4.78 is 10.8. The van der Waals surface area contributed by atoms with E-state index < -0.39 is 0 Å². The average molecular weight is 422 g/mol. The number of hydrazone groups is 1. The average Bonchev–Trinajstić information content (AvgIpc) is 3.25. The molecule has 1 aliphatic heterocycles. The van der Waals surface area contributed by atoms with E-state index in [0.29, 0.717) is 12.2 Å². The molecule has 0 saturated heterocycles. The summed E-state index contributed by atoms with van der Waals surface area (Å²) in [6, 6.07) is 20.6. The fourth-order valence-electron chi connectivity index (χ4n) is 3.32. The molecule has 0 aliphatic carbocycles. The first kappa shape index (κ1) is 19.9. The van der Waals surface area contributed by atoms with Gasteiger partial charge in [-0.2, -0.15) is 5.10 Å². The van der Waals surface area contributed by atoms with Gasteiger partial charge in [-0.3, -0.25) is 4.79 Å². The molecule has 4 rings (SSSR count). The summed E-state index contributed by atoms with van der Waals surface area (Å²) >= 11 is 6.02. The molecule has 1 atom stereocenters. The molecule has 2 aromatic carbocycles. The SMILES string of the molecule is COc1ccc(C2CC(c3ccccc3)=NN2C(=O)COc2cccnc2Cl)cc1. The Balaban J connectivity index is 1.58. The van der Waals surface area contributed by atoms with Crippen molar-refractivity contribution in [3.8, 4) is 11.5 Å². The molecule has 0 saturated carbocycles. The van der Waals surface area contributed by atoms with Gasteiger partial charge in [0.25, 0.3) is 5.91 Å². The van der Waals surface area contributed by atoms with Gasteiger partial charge in [0.15, 0.2) is 17.5 Å². The van der Waals surface area contributed by atoms with Crippen molar-refractivity contribution in [2.75, 3.05) is 13.7 Å². The molecule has 1 aromatic heterocycles. The third-order valence-corrected chi connectivity index (χ3v) is 5.13. The summed E-state index contributed by atoms with van der Waals surface area (Å²) in [6.07, 6.45) is 2.17. The highest BCUT2D eigenvalue weighted by Crippen LogP contribution is 2.33. The Morgan fingerprint density at radius 3 is 2.57 bits per heavy atom. The fourth-order valence-corrected chi connectivity index (χ4v) is 3.49. The number of carbonyl (C=O) groups is 1. The molecular formula is C23H20ClN3O3. The Morgan fingerprint density at radius 2 is 1.87 bits per heavy atom. The Labute approximate surface area is 179 Å². The first-order valence-corrected chi connectivity index (χ1v) is 9.85. The van der Waals surface area contributed by atoms with Crippen molar-refractivity contribution in [2.45, 2.75) is 12.5 Å². The molecule has 152 valence electrons. The number of carbonyl (C=O) groups excluding carboxylic acids is 1. The molecule has 1 aliphatic rings. The molecule has 7 heteroatoms. The fraction of sp³-hybridized carbons (Fsp3) is 0.174. The Kier molecular flexibility index (Phi) is 5.95. The standard InChI is InChI=1S/C23H20ClN3O3/c1-29-18-11-9-17(10-12-18)20-14-19(16-6-3-2-4-7-16)26-27(20)22(28)15-30-21-8-5-13-25-23(21)24/h2-13,20H,14-15H2,1H3. The maximum atomic E-state index is 13.0. The summed E-state index contributed by atoms with van der Waals surface area (Å²) in [4.78, 5) is 17.0. The molecule has 0 radical (unpaired) electrons. The van der Waals surface area contributed by atoms with Gasteiger partial charge in [0, 0.05) is 12.6 Å². The summed E-state index contributed by atoms with van der Waals surface area (Å²) in [5, 5.41) is 6.34. The van der Waals surface area contributed by atoms with Crippen LogP contribution in [0.1, 0.15) is 23.6 Å². The molecule has 30 heavy (non-hydrogen) atoms. The van der Waals surface area contributed by atoms with Crippen LogP contribution in [0.2, 0.25) is 5.15 Å². The van der Waals surface area contributed by atoms with Crippen LogP contribution in [0.15, 0.2) is 78.0 Å². The van der Waals surface area contributed by atoms with Crippen molar-refractivity contribution in [2.24, 2.45) is 5.10 Å². The maximum absolute atomic E-state index is 13.0. The van der Waals surface area contributed by atoms with E-state index in [-0.39, 0.29) is 23.7 Å². The predicted octanol–water partition coefficient (Wildman–Crippen LogP) is 4.50. The highest BCUT2D eigenvalue weighted by atomic mass is 35.5. The molecule has 0 bridgehead atoms. The van der Waals surface area contributed by atoms with Crippen molar-refractivity contribution < 1.29 is 14.3 Å². The first-order valence-electron chi connectivity index (χ1n) is 9.48. The van der Waals surface area contributed by atoms with Gasteiger partial charge in [-0.1, -0.05) is 54.1 Å². The summed E-state index contributed by atoms with van der Waals surface area (Å²) in [5.41, 5.74) is 2.81. The van der Waals surface area contributed by atoms with Gasteiger partial charge in [-0.25, -0.2) is 9.99 Å². The molecule has 0 fully saturated rings. The van der Waals surface area contributed by atoms with Gasteiger partial charge < -0.3 is 9.47 Å². The quantitative estimate of drug-likeness (QED) is 0.550. The minimum Gasteiger partial charge on any atom is -0.497 e. The number of amides is 1. The minimum absolute atomic E-state index is 0.191. The number of nitrogens with zero attached hydrogens (tertiary/aromatic N) is 3. The number of aromatic nitrogens is 1. The summed E-state index contributed by atoms with van der Waals surface area (Å²) in [7, 11) is 1.62. The number of ether oxygens (including phenoxy) is 2. The second-order valence-corrected chi connectivity index (χ2v) is 7.08. The van der Waals surface area contributed by atoms with Crippen LogP contribution in [0.5, 0.6) is 11.5 Å². The van der Waals surface area contributed by atoms with E-state index in [1.54, 1.807) is 25.4 Å². The van der Waals surface area contributed by atoms with Crippen molar-refractivity contribution in [3.63, 3.8) is 0 Å². The number of pyridine rings is 1. The molecule has 6 nitrogen and oxygen atoms in total. The second kappa shape index (κ2) is 8.97. The number of rotatable bonds is 6. The van der Waals surface area contributed by atoms with Crippen LogP contribution in [0.3, 0.4) is 0 Å². The van der Waals surface area contributed by atoms with Crippen LogP contribution >= 0.6 is 11.6 Å². The van der Waals surface area contributed by atoms with Gasteiger partial charge >= 0.3 is 0 Å². The zero-order valence-electron chi connectivity index (χ0n) is 16.4. The smallest absolute Gasteiger partial charge is 0.281 e. The molecule has 1 amide bonds. The number of benzene rings is 2. The minimum atomic E-state index is -0.262. The van der Waals surface area contributed by atoms with Crippen molar-refractivity contribution >= 4 is 23.2 Å². The monoisotopic (exact) mass is 421 g/mol. The Morgan fingerprint density at radius 1 is 1.10 bits per heavy atom. The third kappa shape index (κ3) is 4.28. The third-order valence-electron chi connectivity index (χ3n) is 4.85. The Hall–Kier alpha value is -3.38. The largest absolute Gasteiger partial charge is 0.497 e. The van der Waals surface area contributed by atoms with E-state index in [1.807, 2.05) is 54.6 Å². The normalized spacial score (nSPS) is 15.6. The van der Waals surface area contributed by atoms with Gasteiger partial charge in [0.1, 0.15) is 5.75 Å². The van der Waals surface area contributed by atoms with Crippen LogP contribution in [-0.4, -0.2) is 35.3 Å². The van der Waals surface area contributed by atoms with Crippen LogP contribution in [0, 0.1) is 0 Å². The van der Waals surface area contributed by atoms with E-state index >= 15 is 0 Å². The molecule has 2 heterocycles. The number of hydrogen-bond acceptors (Lipinski definition) is 5. The lowest BCUT2D eigenvalue weighted by Gasteiger charge is -2.22. The van der Waals surface area contributed by atoms with Gasteiger partial charge in [0.05, 0.1) is 18.9 Å². The van der Waals surface area contributed by atoms with E-state index in [2.05, 4.69) is 10.1 Å². The van der Waals surface area contributed by atoms with Gasteiger partial charge in [0.2, 0.25) is 0 Å². The van der Waals surface area contributed by atoms with E-state index in [1.165, 1.54) is 5.01 Å². The number of halogens is 1. The maximum Gasteiger partial charge on any atom is 0.281 e. The molecule has 1 unspecified atom stereocenters. The first-order chi connectivity index (χ1) is 14.7. The van der Waals surface area contributed by atoms with Gasteiger partial charge in [-0.15, -0.1) is 0 Å². The van der Waals surface area contributed by atoms with E-state index in [0.717, 1.165) is 22.6 Å². The lowest BCUT2D eigenvalue weighted by molar-refractivity contribution is -0.135. The Bertz CT molecular complexity index is 1050. The molecular weight excluding hydrogens is 402 g/mol. The van der Waals surface area contributed by atoms with Crippen LogP contribution in [0.4, 0.5) is 0 Å². The lowest BCUT2D eigenvalue weighted by Crippen LogP contribution is -2.31. The number of hydrogen-bond donors (Lipinski definition) is 0. The predicted molar refractivity (Wildman–Crippen MR) is 115 cm³/mol. The summed E-state index contributed by atoms with van der Waals surface area (Å²) in [6.45, 7) is -0.191. The summed E-state index contributed by atoms with van der Waals surface area (Å²) in [5.74, 6) is 0.856. The van der Waals surface area contributed by atoms with Gasteiger partial charge in [-0.05, 0) is 35.4 Å². The lowest BCUT2D eigenvalue weighted by atomic mass is 9.98. The van der Waals surface area contributed by atoms with Crippen molar-refractivity contribution in [1.29, 1.82) is 0 Å². The zero-order valence-corrected chi connectivity index (χ0v) is 17.1. The van der Waals surface area contributed by atoms with Crippen LogP contribution < -0.4 is 9.47 Å². The topological polar surface area (TPSA) is 64.0 Å². The van der Waals surface area contributed by atoms with Crippen molar-refractivity contribution in [3.05, 3.63) is 89.2 Å². The van der Waals surface area contributed by atoms with Crippen LogP contribution in [-0.2, 0) is 4.79 Å². The highest BCUT2D eigenvalue weighted by molar-refractivity contribution is 6.30. The molecule has 0 N–H and O–H groups in total. The highest BCUT2D eigenvalue weighted by Gasteiger charge is 2.33. The van der Waals surface area contributed by atoms with Crippen molar-refractivity contribution in [1.82, 2.24) is 9.99 Å². The van der Waals surface area contributed by atoms with Crippen LogP contribution in [0.25, 0.3) is 0 Å². The zero-order chi connectivity index (χ0) is 20.9. The van der Waals surface area contributed by atoms with E-state index in [4.69, 9.17) is 21.1 Å².